The Bertz CT molecular complexity index is 521. The van der Waals surface area contributed by atoms with Crippen molar-refractivity contribution in [3.8, 4) is 0 Å². The summed E-state index contributed by atoms with van der Waals surface area (Å²) in [7, 11) is 0. The topological polar surface area (TPSA) is 98.5 Å². The Kier molecular flexibility index (Phi) is 7.55. The van der Waals surface area contributed by atoms with E-state index in [0.717, 1.165) is 11.3 Å². The van der Waals surface area contributed by atoms with Crippen molar-refractivity contribution in [2.75, 3.05) is 18.6 Å². The van der Waals surface area contributed by atoms with E-state index in [9.17, 15) is 14.4 Å². The molecular weight excluding hydrogens is 336 g/mol. The normalized spacial score (nSPS) is 11.7. The first-order chi connectivity index (χ1) is 9.93. The van der Waals surface area contributed by atoms with Gasteiger partial charge in [0.1, 0.15) is 6.04 Å². The van der Waals surface area contributed by atoms with Gasteiger partial charge in [-0.1, -0.05) is 11.6 Å². The minimum Gasteiger partial charge on any atom is -0.456 e. The van der Waals surface area contributed by atoms with E-state index in [1.165, 1.54) is 11.8 Å². The number of hydrogen-bond acceptors (Lipinski definition) is 6. The Morgan fingerprint density at radius 1 is 1.48 bits per heavy atom. The first kappa shape index (κ1) is 17.8. The lowest BCUT2D eigenvalue weighted by Gasteiger charge is -2.15. The van der Waals surface area contributed by atoms with Crippen molar-refractivity contribution in [3.63, 3.8) is 0 Å². The summed E-state index contributed by atoms with van der Waals surface area (Å²) in [5.74, 6) is -0.379. The van der Waals surface area contributed by atoms with Gasteiger partial charge in [0, 0.05) is 0 Å². The summed E-state index contributed by atoms with van der Waals surface area (Å²) < 4.78 is 5.41. The maximum Gasteiger partial charge on any atom is 0.329 e. The standard InChI is InChI=1S/C12H15ClN2O4S2/c1-20-5-4-7(15-12(14)18)11(17)19-6-8(16)9-2-3-10(13)21-9/h2-3,7H,4-6H2,1H3,(H3,14,15,18)/t7-/m0/s1. The van der Waals surface area contributed by atoms with Gasteiger partial charge in [0.25, 0.3) is 0 Å². The number of thiophene rings is 1. The molecule has 0 aliphatic rings. The fourth-order valence-corrected chi connectivity index (χ4v) is 2.87. The van der Waals surface area contributed by atoms with Crippen LogP contribution in [-0.4, -0.2) is 42.4 Å². The van der Waals surface area contributed by atoms with Crippen LogP contribution in [0.2, 0.25) is 4.34 Å². The Morgan fingerprint density at radius 3 is 2.71 bits per heavy atom. The highest BCUT2D eigenvalue weighted by atomic mass is 35.5. The number of rotatable bonds is 8. The number of carbonyl (C=O) groups excluding carboxylic acids is 3. The van der Waals surface area contributed by atoms with Crippen LogP contribution in [0.5, 0.6) is 0 Å². The molecule has 1 aromatic rings. The van der Waals surface area contributed by atoms with Crippen LogP contribution in [0.1, 0.15) is 16.1 Å². The maximum atomic E-state index is 11.8. The third-order valence-corrected chi connectivity index (χ3v) is 4.32. The third-order valence-electron chi connectivity index (χ3n) is 2.41. The lowest BCUT2D eigenvalue weighted by atomic mass is 10.2. The molecule has 1 rings (SSSR count). The fourth-order valence-electron chi connectivity index (χ4n) is 1.43. The summed E-state index contributed by atoms with van der Waals surface area (Å²) in [5.41, 5.74) is 5.01. The van der Waals surface area contributed by atoms with Crippen LogP contribution in [0.3, 0.4) is 0 Å². The molecule has 2 amide bonds. The van der Waals surface area contributed by atoms with Crippen molar-refractivity contribution in [1.29, 1.82) is 0 Å². The van der Waals surface area contributed by atoms with Gasteiger partial charge >= 0.3 is 12.0 Å². The van der Waals surface area contributed by atoms with E-state index >= 15 is 0 Å². The van der Waals surface area contributed by atoms with Crippen molar-refractivity contribution in [2.45, 2.75) is 12.5 Å². The van der Waals surface area contributed by atoms with Gasteiger partial charge in [-0.25, -0.2) is 9.59 Å². The minimum absolute atomic E-state index is 0.344. The molecule has 0 bridgehead atoms. The molecule has 116 valence electrons. The second-order valence-corrected chi connectivity index (χ2v) is 6.68. The summed E-state index contributed by atoms with van der Waals surface area (Å²) >= 11 is 8.36. The molecule has 0 unspecified atom stereocenters. The molecule has 6 nitrogen and oxygen atoms in total. The number of urea groups is 1. The number of primary amides is 1. The minimum atomic E-state index is -0.852. The lowest BCUT2D eigenvalue weighted by molar-refractivity contribution is -0.144. The molecule has 1 aromatic heterocycles. The SMILES string of the molecule is CSCC[C@H](NC(N)=O)C(=O)OCC(=O)c1ccc(Cl)s1. The van der Waals surface area contributed by atoms with Crippen LogP contribution in [0, 0.1) is 0 Å². The van der Waals surface area contributed by atoms with Crippen molar-refractivity contribution in [2.24, 2.45) is 5.73 Å². The highest BCUT2D eigenvalue weighted by Gasteiger charge is 2.22. The van der Waals surface area contributed by atoms with Crippen molar-refractivity contribution < 1.29 is 19.1 Å². The number of esters is 1. The van der Waals surface area contributed by atoms with Gasteiger partial charge < -0.3 is 15.8 Å². The van der Waals surface area contributed by atoms with Crippen molar-refractivity contribution >= 4 is 52.5 Å². The molecule has 21 heavy (non-hydrogen) atoms. The number of nitrogens with two attached hydrogens (primary N) is 1. The Morgan fingerprint density at radius 2 is 2.19 bits per heavy atom. The van der Waals surface area contributed by atoms with E-state index < -0.39 is 24.6 Å². The van der Waals surface area contributed by atoms with Crippen LogP contribution in [0.15, 0.2) is 12.1 Å². The Hall–Kier alpha value is -1.25. The second-order valence-electron chi connectivity index (χ2n) is 3.98. The maximum absolute atomic E-state index is 11.8. The van der Waals surface area contributed by atoms with Gasteiger partial charge in [0.05, 0.1) is 9.21 Å². The summed E-state index contributed by atoms with van der Waals surface area (Å²) in [6.45, 7) is -0.397. The van der Waals surface area contributed by atoms with Gasteiger partial charge in [-0.3, -0.25) is 4.79 Å². The van der Waals surface area contributed by atoms with Gasteiger partial charge in [-0.15, -0.1) is 11.3 Å². The number of ether oxygens (including phenoxy) is 1. The molecular formula is C12H15ClN2O4S2. The van der Waals surface area contributed by atoms with Crippen LogP contribution in [0.25, 0.3) is 0 Å². The van der Waals surface area contributed by atoms with Crippen molar-refractivity contribution in [1.82, 2.24) is 5.32 Å². The average molecular weight is 351 g/mol. The number of nitrogens with one attached hydrogen (secondary N) is 1. The molecule has 1 heterocycles. The Balaban J connectivity index is 2.52. The molecule has 0 aliphatic carbocycles. The summed E-state index contributed by atoms with van der Waals surface area (Å²) in [5, 5.41) is 2.30. The number of thioether (sulfide) groups is 1. The van der Waals surface area contributed by atoms with Crippen LogP contribution < -0.4 is 11.1 Å². The fraction of sp³-hybridized carbons (Fsp3) is 0.417. The second kappa shape index (κ2) is 8.91. The van der Waals surface area contributed by atoms with Gasteiger partial charge in [0.2, 0.25) is 5.78 Å². The number of amides is 2. The van der Waals surface area contributed by atoms with Gasteiger partial charge in [0.15, 0.2) is 6.61 Å². The average Bonchev–Trinajstić information content (AvgIpc) is 2.86. The number of carbonyl (C=O) groups is 3. The highest BCUT2D eigenvalue weighted by molar-refractivity contribution is 7.98. The zero-order chi connectivity index (χ0) is 15.8. The zero-order valence-corrected chi connectivity index (χ0v) is 13.6. The molecule has 0 aliphatic heterocycles. The van der Waals surface area contributed by atoms with E-state index in [-0.39, 0.29) is 5.78 Å². The lowest BCUT2D eigenvalue weighted by Crippen LogP contribution is -2.45. The van der Waals surface area contributed by atoms with Crippen LogP contribution in [-0.2, 0) is 9.53 Å². The highest BCUT2D eigenvalue weighted by Crippen LogP contribution is 2.21. The first-order valence-electron chi connectivity index (χ1n) is 5.94. The third kappa shape index (κ3) is 6.36. The van der Waals surface area contributed by atoms with Crippen molar-refractivity contribution in [3.05, 3.63) is 21.3 Å². The predicted molar refractivity (Wildman–Crippen MR) is 84.1 cm³/mol. The van der Waals surface area contributed by atoms with Gasteiger partial charge in [-0.2, -0.15) is 11.8 Å². The predicted octanol–water partition coefficient (Wildman–Crippen LogP) is 1.92. The van der Waals surface area contributed by atoms with Crippen LogP contribution >= 0.6 is 34.7 Å². The number of halogens is 1. The van der Waals surface area contributed by atoms with E-state index in [2.05, 4.69) is 5.32 Å². The largest absolute Gasteiger partial charge is 0.456 e. The molecule has 0 aromatic carbocycles. The summed E-state index contributed by atoms with van der Waals surface area (Å²) in [6, 6.07) is 1.50. The molecule has 0 spiro atoms. The van der Waals surface area contributed by atoms with Gasteiger partial charge in [-0.05, 0) is 30.6 Å². The number of ketones is 1. The molecule has 0 radical (unpaired) electrons. The first-order valence-corrected chi connectivity index (χ1v) is 8.53. The van der Waals surface area contributed by atoms with E-state index in [1.54, 1.807) is 12.1 Å². The van der Waals surface area contributed by atoms with E-state index in [4.69, 9.17) is 22.1 Å². The summed E-state index contributed by atoms with van der Waals surface area (Å²) in [4.78, 5) is 34.9. The Labute approximate surface area is 135 Å². The van der Waals surface area contributed by atoms with E-state index in [0.29, 0.717) is 21.4 Å². The quantitative estimate of drug-likeness (QED) is 0.551. The summed E-state index contributed by atoms with van der Waals surface area (Å²) in [6.07, 6.45) is 2.25. The number of Topliss-reactive ketones (excluding diaryl/α,β-unsaturated/α-hetero) is 1. The molecule has 0 saturated heterocycles. The molecule has 9 heteroatoms. The molecule has 0 saturated carbocycles. The molecule has 3 N–H and O–H groups in total. The zero-order valence-electron chi connectivity index (χ0n) is 11.3. The number of hydrogen-bond donors (Lipinski definition) is 2. The molecule has 0 fully saturated rings. The monoisotopic (exact) mass is 350 g/mol. The smallest absolute Gasteiger partial charge is 0.329 e. The van der Waals surface area contributed by atoms with Crippen LogP contribution in [0.4, 0.5) is 4.79 Å². The van der Waals surface area contributed by atoms with E-state index in [1.807, 2.05) is 6.26 Å². The molecule has 1 atom stereocenters.